The van der Waals surface area contributed by atoms with E-state index in [0.717, 1.165) is 18.8 Å². The average molecular weight is 367 g/mol. The largest absolute Gasteiger partial charge is 0.493 e. The van der Waals surface area contributed by atoms with Crippen molar-refractivity contribution in [3.63, 3.8) is 0 Å². The monoisotopic (exact) mass is 366 g/mol. The molecule has 0 saturated carbocycles. The first-order chi connectivity index (χ1) is 13.2. The molecular formula is C25H36NO+. The van der Waals surface area contributed by atoms with Gasteiger partial charge in [-0.2, -0.15) is 0 Å². The van der Waals surface area contributed by atoms with Crippen LogP contribution in [0.3, 0.4) is 0 Å². The number of para-hydroxylation sites is 1. The number of hydrogen-bond acceptors (Lipinski definition) is 1. The van der Waals surface area contributed by atoms with Gasteiger partial charge in [0.15, 0.2) is 0 Å². The second kappa shape index (κ2) is 9.94. The highest BCUT2D eigenvalue weighted by Gasteiger charge is 2.28. The van der Waals surface area contributed by atoms with Crippen molar-refractivity contribution in [3.05, 3.63) is 65.2 Å². The van der Waals surface area contributed by atoms with E-state index in [0.29, 0.717) is 0 Å². The van der Waals surface area contributed by atoms with E-state index in [9.17, 15) is 0 Å². The van der Waals surface area contributed by atoms with Crippen LogP contribution < -0.4 is 4.74 Å². The van der Waals surface area contributed by atoms with E-state index in [2.05, 4.69) is 62.4 Å². The van der Waals surface area contributed by atoms with Gasteiger partial charge in [-0.1, -0.05) is 48.5 Å². The topological polar surface area (TPSA) is 9.23 Å². The van der Waals surface area contributed by atoms with E-state index < -0.39 is 0 Å². The number of likely N-dealkylation sites (tertiary alicyclic amines) is 1. The zero-order valence-corrected chi connectivity index (χ0v) is 17.3. The molecule has 3 rings (SSSR count). The molecule has 0 bridgehead atoms. The summed E-state index contributed by atoms with van der Waals surface area (Å²) in [5, 5.41) is 0. The first kappa shape index (κ1) is 19.9. The van der Waals surface area contributed by atoms with Gasteiger partial charge in [0.1, 0.15) is 12.3 Å². The molecule has 0 spiro atoms. The molecule has 0 aliphatic carbocycles. The molecule has 1 aliphatic rings. The van der Waals surface area contributed by atoms with Crippen LogP contribution >= 0.6 is 0 Å². The quantitative estimate of drug-likeness (QED) is 0.408. The van der Waals surface area contributed by atoms with Gasteiger partial charge in [-0.05, 0) is 63.5 Å². The van der Waals surface area contributed by atoms with Crippen molar-refractivity contribution in [1.82, 2.24) is 0 Å². The normalized spacial score (nSPS) is 16.7. The van der Waals surface area contributed by atoms with Gasteiger partial charge in [0, 0.05) is 5.56 Å². The van der Waals surface area contributed by atoms with Gasteiger partial charge in [0.25, 0.3) is 0 Å². The number of quaternary nitrogens is 1. The third kappa shape index (κ3) is 5.84. The summed E-state index contributed by atoms with van der Waals surface area (Å²) in [5.41, 5.74) is 3.98. The Bertz CT molecular complexity index is 666. The van der Waals surface area contributed by atoms with E-state index in [1.54, 1.807) is 0 Å². The molecule has 0 N–H and O–H groups in total. The van der Waals surface area contributed by atoms with Crippen molar-refractivity contribution in [1.29, 1.82) is 0 Å². The maximum absolute atomic E-state index is 6.13. The fourth-order valence-electron chi connectivity index (χ4n) is 4.54. The van der Waals surface area contributed by atoms with Crippen LogP contribution in [-0.2, 0) is 6.54 Å². The van der Waals surface area contributed by atoms with Crippen LogP contribution in [-0.4, -0.2) is 30.7 Å². The van der Waals surface area contributed by atoms with Gasteiger partial charge >= 0.3 is 0 Å². The molecule has 1 fully saturated rings. The molecule has 1 saturated heterocycles. The lowest BCUT2D eigenvalue weighted by Gasteiger charge is -2.38. The highest BCUT2D eigenvalue weighted by Crippen LogP contribution is 2.25. The second-order valence-corrected chi connectivity index (χ2v) is 8.35. The smallest absolute Gasteiger partial charge is 0.125 e. The minimum absolute atomic E-state index is 0.830. The second-order valence-electron chi connectivity index (χ2n) is 8.35. The summed E-state index contributed by atoms with van der Waals surface area (Å²) in [4.78, 5) is 0. The van der Waals surface area contributed by atoms with E-state index in [-0.39, 0.29) is 0 Å². The molecule has 2 nitrogen and oxygen atoms in total. The number of hydrogen-bond donors (Lipinski definition) is 0. The Morgan fingerprint density at radius 1 is 0.778 bits per heavy atom. The Morgan fingerprint density at radius 3 is 2.11 bits per heavy atom. The summed E-state index contributed by atoms with van der Waals surface area (Å²) in [7, 11) is 0. The van der Waals surface area contributed by atoms with Crippen LogP contribution in [0.15, 0.2) is 48.5 Å². The Kier molecular flexibility index (Phi) is 7.34. The standard InChI is InChI=1S/C25H36NO/c1-22-13-12-14-23(2)25(22)27-20-11-10-19-26(17-8-3-4-9-18-26)21-24-15-6-5-7-16-24/h5-7,12-16H,3-4,8-11,17-21H2,1-2H3/q+1. The van der Waals surface area contributed by atoms with Crippen molar-refractivity contribution >= 4 is 0 Å². The zero-order valence-electron chi connectivity index (χ0n) is 17.3. The van der Waals surface area contributed by atoms with E-state index in [1.807, 2.05) is 0 Å². The van der Waals surface area contributed by atoms with Gasteiger partial charge in [-0.15, -0.1) is 0 Å². The first-order valence-electron chi connectivity index (χ1n) is 10.8. The minimum atomic E-state index is 0.830. The number of benzene rings is 2. The van der Waals surface area contributed by atoms with Crippen molar-refractivity contribution in [2.24, 2.45) is 0 Å². The molecule has 0 radical (unpaired) electrons. The van der Waals surface area contributed by atoms with Crippen LogP contribution in [0.25, 0.3) is 0 Å². The number of unbranched alkanes of at least 4 members (excludes halogenated alkanes) is 1. The average Bonchev–Trinajstić information content (AvgIpc) is 2.90. The number of ether oxygens (including phenoxy) is 1. The van der Waals surface area contributed by atoms with E-state index >= 15 is 0 Å². The number of nitrogens with zero attached hydrogens (tertiary/aromatic N) is 1. The molecular weight excluding hydrogens is 330 g/mol. The van der Waals surface area contributed by atoms with E-state index in [1.165, 1.54) is 79.5 Å². The predicted octanol–water partition coefficient (Wildman–Crippen LogP) is 6.05. The van der Waals surface area contributed by atoms with Crippen LogP contribution in [0.4, 0.5) is 0 Å². The van der Waals surface area contributed by atoms with E-state index in [4.69, 9.17) is 4.74 Å². The lowest BCUT2D eigenvalue weighted by atomic mass is 10.1. The van der Waals surface area contributed by atoms with Gasteiger partial charge in [0.05, 0.1) is 26.2 Å². The highest BCUT2D eigenvalue weighted by atomic mass is 16.5. The summed E-state index contributed by atoms with van der Waals surface area (Å²) in [6.07, 6.45) is 7.97. The fourth-order valence-corrected chi connectivity index (χ4v) is 4.54. The minimum Gasteiger partial charge on any atom is -0.493 e. The summed E-state index contributed by atoms with van der Waals surface area (Å²) >= 11 is 0. The number of rotatable bonds is 8. The maximum Gasteiger partial charge on any atom is 0.125 e. The Labute approximate surface area is 165 Å². The maximum atomic E-state index is 6.13. The zero-order chi connectivity index (χ0) is 19.0. The van der Waals surface area contributed by atoms with Gasteiger partial charge in [0.2, 0.25) is 0 Å². The van der Waals surface area contributed by atoms with Crippen LogP contribution in [0, 0.1) is 13.8 Å². The van der Waals surface area contributed by atoms with Gasteiger partial charge < -0.3 is 9.22 Å². The van der Waals surface area contributed by atoms with Crippen molar-refractivity contribution in [2.45, 2.75) is 58.9 Å². The Morgan fingerprint density at radius 2 is 1.44 bits per heavy atom. The molecule has 27 heavy (non-hydrogen) atoms. The molecule has 0 atom stereocenters. The molecule has 0 amide bonds. The van der Waals surface area contributed by atoms with Gasteiger partial charge in [-0.3, -0.25) is 0 Å². The Hall–Kier alpha value is -1.80. The molecule has 0 unspecified atom stereocenters. The number of aryl methyl sites for hydroxylation is 2. The van der Waals surface area contributed by atoms with Crippen LogP contribution in [0.5, 0.6) is 5.75 Å². The van der Waals surface area contributed by atoms with Crippen LogP contribution in [0.2, 0.25) is 0 Å². The molecule has 1 aliphatic heterocycles. The van der Waals surface area contributed by atoms with Crippen molar-refractivity contribution in [2.75, 3.05) is 26.2 Å². The third-order valence-electron chi connectivity index (χ3n) is 6.06. The molecule has 0 aromatic heterocycles. The molecule has 146 valence electrons. The highest BCUT2D eigenvalue weighted by molar-refractivity contribution is 5.39. The van der Waals surface area contributed by atoms with Crippen LogP contribution in [0.1, 0.15) is 55.2 Å². The SMILES string of the molecule is Cc1cccc(C)c1OCCCC[N+]1(Cc2ccccc2)CCCCCC1. The molecule has 1 heterocycles. The van der Waals surface area contributed by atoms with Crippen molar-refractivity contribution in [3.8, 4) is 5.75 Å². The van der Waals surface area contributed by atoms with Gasteiger partial charge in [-0.25, -0.2) is 0 Å². The third-order valence-corrected chi connectivity index (χ3v) is 6.06. The predicted molar refractivity (Wildman–Crippen MR) is 114 cm³/mol. The molecule has 2 aromatic rings. The lowest BCUT2D eigenvalue weighted by molar-refractivity contribution is -0.940. The lowest BCUT2D eigenvalue weighted by Crippen LogP contribution is -2.48. The summed E-state index contributed by atoms with van der Waals surface area (Å²) in [5.74, 6) is 1.08. The first-order valence-corrected chi connectivity index (χ1v) is 10.8. The molecule has 2 heteroatoms. The summed E-state index contributed by atoms with van der Waals surface area (Å²) in [6.45, 7) is 10.3. The Balaban J connectivity index is 1.53. The summed E-state index contributed by atoms with van der Waals surface area (Å²) < 4.78 is 7.40. The van der Waals surface area contributed by atoms with Crippen molar-refractivity contribution < 1.29 is 9.22 Å². The fraction of sp³-hybridized carbons (Fsp3) is 0.520. The molecule has 2 aromatic carbocycles. The summed E-state index contributed by atoms with van der Waals surface area (Å²) in [6, 6.07) is 17.5.